The van der Waals surface area contributed by atoms with Crippen molar-refractivity contribution >= 4 is 0 Å². The highest BCUT2D eigenvalue weighted by Gasteiger charge is 2.20. The summed E-state index contributed by atoms with van der Waals surface area (Å²) < 4.78 is 26.9. The molecule has 1 N–H and O–H groups in total. The number of rotatable bonds is 6. The number of hydrogen-bond donors (Lipinski definition) is 1. The van der Waals surface area contributed by atoms with Crippen LogP contribution in [0.2, 0.25) is 0 Å². The van der Waals surface area contributed by atoms with Gasteiger partial charge in [-0.05, 0) is 42.9 Å². The van der Waals surface area contributed by atoms with Gasteiger partial charge in [0, 0.05) is 6.04 Å². The van der Waals surface area contributed by atoms with E-state index in [2.05, 4.69) is 33.0 Å². The van der Waals surface area contributed by atoms with Crippen LogP contribution in [-0.2, 0) is 6.42 Å². The average molecular weight is 269 g/mol. The van der Waals surface area contributed by atoms with Crippen LogP contribution >= 0.6 is 0 Å². The van der Waals surface area contributed by atoms with Crippen molar-refractivity contribution in [1.82, 2.24) is 5.32 Å². The molecule has 1 rings (SSSR count). The molecule has 1 unspecified atom stereocenters. The maximum atomic E-state index is 13.7. The van der Waals surface area contributed by atoms with Gasteiger partial charge >= 0.3 is 0 Å². The van der Waals surface area contributed by atoms with E-state index in [1.54, 1.807) is 12.1 Å². The van der Waals surface area contributed by atoms with Gasteiger partial charge in [-0.1, -0.05) is 39.8 Å². The van der Waals surface area contributed by atoms with Gasteiger partial charge in [0.25, 0.3) is 0 Å². The zero-order valence-corrected chi connectivity index (χ0v) is 12.4. The molecule has 19 heavy (non-hydrogen) atoms. The molecule has 1 nitrogen and oxygen atoms in total. The molecular weight excluding hydrogens is 244 g/mol. The molecule has 108 valence electrons. The Labute approximate surface area is 115 Å². The highest BCUT2D eigenvalue weighted by atomic mass is 19.2. The van der Waals surface area contributed by atoms with Crippen LogP contribution in [0.25, 0.3) is 0 Å². The Balaban J connectivity index is 2.78. The first-order chi connectivity index (χ1) is 8.83. The second-order valence-corrected chi connectivity index (χ2v) is 6.33. The van der Waals surface area contributed by atoms with E-state index < -0.39 is 11.6 Å². The lowest BCUT2D eigenvalue weighted by molar-refractivity contribution is 0.304. The third-order valence-corrected chi connectivity index (χ3v) is 3.04. The summed E-state index contributed by atoms with van der Waals surface area (Å²) in [6.07, 6.45) is 2.50. The van der Waals surface area contributed by atoms with E-state index in [4.69, 9.17) is 0 Å². The van der Waals surface area contributed by atoms with Crippen molar-refractivity contribution in [2.45, 2.75) is 53.0 Å². The van der Waals surface area contributed by atoms with E-state index >= 15 is 0 Å². The minimum Gasteiger partial charge on any atom is -0.314 e. The van der Waals surface area contributed by atoms with Crippen LogP contribution in [0.15, 0.2) is 18.2 Å². The topological polar surface area (TPSA) is 12.0 Å². The van der Waals surface area contributed by atoms with Crippen molar-refractivity contribution in [3.8, 4) is 0 Å². The second kappa shape index (κ2) is 6.99. The summed E-state index contributed by atoms with van der Waals surface area (Å²) in [5, 5.41) is 3.43. The lowest BCUT2D eigenvalue weighted by atomic mass is 9.85. The van der Waals surface area contributed by atoms with Gasteiger partial charge in [0.1, 0.15) is 0 Å². The number of benzene rings is 1. The first-order valence-electron chi connectivity index (χ1n) is 6.99. The molecule has 3 heteroatoms. The molecule has 1 aromatic carbocycles. The van der Waals surface area contributed by atoms with Crippen LogP contribution < -0.4 is 5.32 Å². The quantitative estimate of drug-likeness (QED) is 0.811. The Bertz CT molecular complexity index is 396. The fraction of sp³-hybridized carbons (Fsp3) is 0.625. The van der Waals surface area contributed by atoms with Gasteiger partial charge in [0.05, 0.1) is 0 Å². The number of halogens is 2. The molecule has 0 amide bonds. The second-order valence-electron chi connectivity index (χ2n) is 6.33. The van der Waals surface area contributed by atoms with Gasteiger partial charge < -0.3 is 5.32 Å². The van der Waals surface area contributed by atoms with Crippen LogP contribution in [0, 0.1) is 17.0 Å². The van der Waals surface area contributed by atoms with E-state index in [9.17, 15) is 8.78 Å². The minimum absolute atomic E-state index is 0.162. The fourth-order valence-corrected chi connectivity index (χ4v) is 2.28. The standard InChI is InChI=1S/C16H25F2N/c1-5-9-19-13(11-16(2,3)4)10-12-7-6-8-14(17)15(12)18/h6-8,13,19H,5,9-11H2,1-4H3. The first-order valence-corrected chi connectivity index (χ1v) is 6.99. The van der Waals surface area contributed by atoms with Crippen LogP contribution in [-0.4, -0.2) is 12.6 Å². The Morgan fingerprint density at radius 2 is 1.89 bits per heavy atom. The third kappa shape index (κ3) is 5.68. The number of nitrogens with one attached hydrogen (secondary N) is 1. The smallest absolute Gasteiger partial charge is 0.162 e. The molecule has 0 aliphatic heterocycles. The maximum absolute atomic E-state index is 13.7. The Hall–Kier alpha value is -0.960. The van der Waals surface area contributed by atoms with Crippen molar-refractivity contribution in [3.05, 3.63) is 35.4 Å². The van der Waals surface area contributed by atoms with Crippen molar-refractivity contribution < 1.29 is 8.78 Å². The Kier molecular flexibility index (Phi) is 5.92. The lowest BCUT2D eigenvalue weighted by Gasteiger charge is -2.27. The Morgan fingerprint density at radius 1 is 1.21 bits per heavy atom. The molecule has 0 bridgehead atoms. The summed E-state index contributed by atoms with van der Waals surface area (Å²) in [6, 6.07) is 4.58. The summed E-state index contributed by atoms with van der Waals surface area (Å²) >= 11 is 0. The van der Waals surface area contributed by atoms with E-state index in [0.29, 0.717) is 12.0 Å². The number of hydrogen-bond acceptors (Lipinski definition) is 1. The summed E-state index contributed by atoms with van der Waals surface area (Å²) in [7, 11) is 0. The lowest BCUT2D eigenvalue weighted by Crippen LogP contribution is -2.35. The van der Waals surface area contributed by atoms with E-state index in [1.165, 1.54) is 0 Å². The molecule has 0 saturated heterocycles. The summed E-state index contributed by atoms with van der Waals surface area (Å²) in [6.45, 7) is 9.49. The van der Waals surface area contributed by atoms with Gasteiger partial charge in [-0.15, -0.1) is 0 Å². The molecule has 0 heterocycles. The highest BCUT2D eigenvalue weighted by molar-refractivity contribution is 5.20. The molecule has 1 atom stereocenters. The summed E-state index contributed by atoms with van der Waals surface area (Å²) in [5.41, 5.74) is 0.618. The molecule has 0 aliphatic rings. The minimum atomic E-state index is -0.762. The Morgan fingerprint density at radius 3 is 2.47 bits per heavy atom. The van der Waals surface area contributed by atoms with Gasteiger partial charge in [-0.3, -0.25) is 0 Å². The molecule has 1 aromatic rings. The van der Waals surface area contributed by atoms with Gasteiger partial charge in [0.15, 0.2) is 11.6 Å². The molecular formula is C16H25F2N. The van der Waals surface area contributed by atoms with Gasteiger partial charge in [-0.2, -0.15) is 0 Å². The van der Waals surface area contributed by atoms with Crippen LogP contribution in [0.5, 0.6) is 0 Å². The first kappa shape index (κ1) is 16.1. The van der Waals surface area contributed by atoms with Crippen LogP contribution in [0.3, 0.4) is 0 Å². The van der Waals surface area contributed by atoms with Gasteiger partial charge in [-0.25, -0.2) is 8.78 Å². The largest absolute Gasteiger partial charge is 0.314 e. The molecule has 0 radical (unpaired) electrons. The van der Waals surface area contributed by atoms with Crippen molar-refractivity contribution in [2.75, 3.05) is 6.54 Å². The van der Waals surface area contributed by atoms with E-state index in [-0.39, 0.29) is 11.5 Å². The monoisotopic (exact) mass is 269 g/mol. The molecule has 0 aliphatic carbocycles. The molecule has 0 saturated carbocycles. The zero-order valence-electron chi connectivity index (χ0n) is 12.4. The summed E-state index contributed by atoms with van der Waals surface area (Å²) in [4.78, 5) is 0. The van der Waals surface area contributed by atoms with Crippen LogP contribution in [0.4, 0.5) is 8.78 Å². The van der Waals surface area contributed by atoms with Crippen molar-refractivity contribution in [3.63, 3.8) is 0 Å². The van der Waals surface area contributed by atoms with Gasteiger partial charge in [0.2, 0.25) is 0 Å². The summed E-state index contributed by atoms with van der Waals surface area (Å²) in [5.74, 6) is -1.47. The predicted octanol–water partition coefficient (Wildman–Crippen LogP) is 4.31. The third-order valence-electron chi connectivity index (χ3n) is 3.04. The highest BCUT2D eigenvalue weighted by Crippen LogP contribution is 2.23. The normalized spacial score (nSPS) is 13.6. The molecule has 0 aromatic heterocycles. The predicted molar refractivity (Wildman–Crippen MR) is 76.2 cm³/mol. The van der Waals surface area contributed by atoms with E-state index in [1.807, 2.05) is 0 Å². The van der Waals surface area contributed by atoms with Crippen molar-refractivity contribution in [2.24, 2.45) is 5.41 Å². The zero-order chi connectivity index (χ0) is 14.5. The maximum Gasteiger partial charge on any atom is 0.162 e. The molecule has 0 fully saturated rings. The average Bonchev–Trinajstić information content (AvgIpc) is 2.30. The van der Waals surface area contributed by atoms with Crippen LogP contribution in [0.1, 0.15) is 46.1 Å². The fourth-order valence-electron chi connectivity index (χ4n) is 2.28. The van der Waals surface area contributed by atoms with E-state index in [0.717, 1.165) is 25.5 Å². The van der Waals surface area contributed by atoms with Crippen molar-refractivity contribution in [1.29, 1.82) is 0 Å². The molecule has 0 spiro atoms. The SMILES string of the molecule is CCCNC(Cc1cccc(F)c1F)CC(C)(C)C.